The zero-order valence-electron chi connectivity index (χ0n) is 12.4. The monoisotopic (exact) mass is 344 g/mol. The molecule has 0 heterocycles. The summed E-state index contributed by atoms with van der Waals surface area (Å²) >= 11 is 13.3. The van der Waals surface area contributed by atoms with Crippen LogP contribution in [0.3, 0.4) is 0 Å². The van der Waals surface area contributed by atoms with E-state index in [0.29, 0.717) is 10.0 Å². The van der Waals surface area contributed by atoms with E-state index < -0.39 is 5.54 Å². The lowest BCUT2D eigenvalue weighted by atomic mass is 9.90. The van der Waals surface area contributed by atoms with Gasteiger partial charge < -0.3 is 5.32 Å². The van der Waals surface area contributed by atoms with Gasteiger partial charge in [-0.05, 0) is 38.0 Å². The van der Waals surface area contributed by atoms with Crippen molar-refractivity contribution in [3.05, 3.63) is 28.2 Å². The quantitative estimate of drug-likeness (QED) is 0.798. The van der Waals surface area contributed by atoms with Crippen LogP contribution in [-0.4, -0.2) is 16.7 Å². The van der Waals surface area contributed by atoms with Crippen LogP contribution >= 0.6 is 35.0 Å². The summed E-state index contributed by atoms with van der Waals surface area (Å²) in [5.74, 6) is -0.188. The van der Waals surface area contributed by atoms with Crippen LogP contribution < -0.4 is 5.32 Å². The highest BCUT2D eigenvalue weighted by atomic mass is 35.5. The first-order valence-corrected chi connectivity index (χ1v) is 8.18. The van der Waals surface area contributed by atoms with Crippen molar-refractivity contribution < 1.29 is 4.79 Å². The zero-order chi connectivity index (χ0) is 16.2. The van der Waals surface area contributed by atoms with Crippen molar-refractivity contribution in [1.82, 2.24) is 5.32 Å². The van der Waals surface area contributed by atoms with Crippen molar-refractivity contribution in [3.8, 4) is 6.07 Å². The SMILES string of the molecule is CC(C)[C@@](C)(C#N)NC(=O)[C@H](C)Sc1cc(Cl)ccc1Cl. The first-order valence-electron chi connectivity index (χ1n) is 6.54. The maximum Gasteiger partial charge on any atom is 0.234 e. The van der Waals surface area contributed by atoms with Gasteiger partial charge in [-0.3, -0.25) is 4.79 Å². The van der Waals surface area contributed by atoms with Crippen molar-refractivity contribution >= 4 is 40.9 Å². The lowest BCUT2D eigenvalue weighted by molar-refractivity contribution is -0.121. The van der Waals surface area contributed by atoms with Crippen molar-refractivity contribution in [2.45, 2.75) is 43.4 Å². The molecule has 0 saturated heterocycles. The number of benzene rings is 1. The summed E-state index contributed by atoms with van der Waals surface area (Å²) in [6.07, 6.45) is 0. The van der Waals surface area contributed by atoms with Crippen LogP contribution in [0.25, 0.3) is 0 Å². The first kappa shape index (κ1) is 18.2. The number of carbonyl (C=O) groups excluding carboxylic acids is 1. The van der Waals surface area contributed by atoms with E-state index in [1.165, 1.54) is 11.8 Å². The van der Waals surface area contributed by atoms with Gasteiger partial charge in [0.15, 0.2) is 0 Å². The largest absolute Gasteiger partial charge is 0.337 e. The fourth-order valence-corrected chi connectivity index (χ4v) is 2.88. The maximum absolute atomic E-state index is 12.3. The summed E-state index contributed by atoms with van der Waals surface area (Å²) in [7, 11) is 0. The summed E-state index contributed by atoms with van der Waals surface area (Å²) in [6.45, 7) is 7.29. The minimum atomic E-state index is -0.885. The molecule has 0 bridgehead atoms. The van der Waals surface area contributed by atoms with Gasteiger partial charge in [0, 0.05) is 9.92 Å². The van der Waals surface area contributed by atoms with Crippen LogP contribution in [-0.2, 0) is 4.79 Å². The van der Waals surface area contributed by atoms with Crippen molar-refractivity contribution in [2.24, 2.45) is 5.92 Å². The highest BCUT2D eigenvalue weighted by molar-refractivity contribution is 8.00. The summed E-state index contributed by atoms with van der Waals surface area (Å²) in [4.78, 5) is 13.0. The van der Waals surface area contributed by atoms with Gasteiger partial charge in [-0.25, -0.2) is 0 Å². The molecule has 1 rings (SSSR count). The highest BCUT2D eigenvalue weighted by Gasteiger charge is 2.31. The number of carbonyl (C=O) groups is 1. The minimum Gasteiger partial charge on any atom is -0.337 e. The molecule has 1 N–H and O–H groups in total. The average Bonchev–Trinajstić information content (AvgIpc) is 2.42. The normalized spacial score (nSPS) is 15.1. The number of halogens is 2. The Labute approximate surface area is 140 Å². The number of hydrogen-bond acceptors (Lipinski definition) is 3. The van der Waals surface area contributed by atoms with Crippen molar-refractivity contribution in [2.75, 3.05) is 0 Å². The second kappa shape index (κ2) is 7.40. The van der Waals surface area contributed by atoms with Crippen molar-refractivity contribution in [3.63, 3.8) is 0 Å². The Morgan fingerprint density at radius 2 is 2.00 bits per heavy atom. The first-order chi connectivity index (χ1) is 9.69. The number of thioether (sulfide) groups is 1. The molecule has 0 aliphatic carbocycles. The molecule has 0 fully saturated rings. The molecule has 0 aromatic heterocycles. The van der Waals surface area contributed by atoms with Gasteiger partial charge in [0.25, 0.3) is 0 Å². The molecule has 1 aromatic carbocycles. The molecular weight excluding hydrogens is 327 g/mol. The van der Waals surface area contributed by atoms with Gasteiger partial charge in [-0.15, -0.1) is 11.8 Å². The van der Waals surface area contributed by atoms with Gasteiger partial charge in [-0.1, -0.05) is 37.0 Å². The minimum absolute atomic E-state index is 0.0124. The van der Waals surface area contributed by atoms with Crippen LogP contribution in [0.2, 0.25) is 10.0 Å². The fourth-order valence-electron chi connectivity index (χ4n) is 1.47. The van der Waals surface area contributed by atoms with Gasteiger partial charge in [0.1, 0.15) is 5.54 Å². The Bertz CT molecular complexity index is 571. The van der Waals surface area contributed by atoms with Crippen LogP contribution in [0.1, 0.15) is 27.7 Å². The number of amides is 1. The third-order valence-electron chi connectivity index (χ3n) is 3.34. The Morgan fingerprint density at radius 3 is 2.52 bits per heavy atom. The number of rotatable bonds is 5. The Balaban J connectivity index is 2.80. The standard InChI is InChI=1S/C15H18Cl2N2OS/c1-9(2)15(4,8-18)19-14(20)10(3)21-13-7-11(16)5-6-12(13)17/h5-7,9-10H,1-4H3,(H,19,20)/t10-,15+/m0/s1. The Morgan fingerprint density at radius 1 is 1.38 bits per heavy atom. The molecule has 114 valence electrons. The highest BCUT2D eigenvalue weighted by Crippen LogP contribution is 2.33. The Kier molecular flexibility index (Phi) is 6.40. The second-order valence-corrected chi connectivity index (χ2v) is 7.52. The lowest BCUT2D eigenvalue weighted by Gasteiger charge is -2.28. The molecule has 0 spiro atoms. The van der Waals surface area contributed by atoms with Gasteiger partial charge in [-0.2, -0.15) is 5.26 Å². The van der Waals surface area contributed by atoms with Gasteiger partial charge in [0.05, 0.1) is 16.3 Å². The predicted octanol–water partition coefficient (Wildman–Crippen LogP) is 4.53. The third kappa shape index (κ3) is 4.81. The molecule has 1 aromatic rings. The fraction of sp³-hybridized carbons (Fsp3) is 0.467. The molecule has 6 heteroatoms. The van der Waals surface area contributed by atoms with Gasteiger partial charge >= 0.3 is 0 Å². The third-order valence-corrected chi connectivity index (χ3v) is 5.17. The van der Waals surface area contributed by atoms with E-state index in [1.807, 2.05) is 13.8 Å². The number of hydrogen-bond donors (Lipinski definition) is 1. The topological polar surface area (TPSA) is 52.9 Å². The lowest BCUT2D eigenvalue weighted by Crippen LogP contribution is -2.51. The summed E-state index contributed by atoms with van der Waals surface area (Å²) in [5.41, 5.74) is -0.885. The summed E-state index contributed by atoms with van der Waals surface area (Å²) in [6, 6.07) is 7.28. The molecule has 21 heavy (non-hydrogen) atoms. The van der Waals surface area contributed by atoms with Crippen LogP contribution in [0.15, 0.2) is 23.1 Å². The van der Waals surface area contributed by atoms with E-state index in [4.69, 9.17) is 23.2 Å². The molecule has 0 aliphatic heterocycles. The Hall–Kier alpha value is -0.890. The van der Waals surface area contributed by atoms with E-state index in [2.05, 4.69) is 11.4 Å². The summed E-state index contributed by atoms with van der Waals surface area (Å²) < 4.78 is 0. The summed E-state index contributed by atoms with van der Waals surface area (Å²) in [5, 5.41) is 12.8. The van der Waals surface area contributed by atoms with Crippen LogP contribution in [0.5, 0.6) is 0 Å². The molecule has 0 radical (unpaired) electrons. The maximum atomic E-state index is 12.3. The molecule has 0 saturated carbocycles. The molecule has 3 nitrogen and oxygen atoms in total. The molecule has 0 aliphatic rings. The predicted molar refractivity (Wildman–Crippen MR) is 88.8 cm³/mol. The number of nitrogens with zero attached hydrogens (tertiary/aromatic N) is 1. The molecule has 0 unspecified atom stereocenters. The van der Waals surface area contributed by atoms with Crippen LogP contribution in [0, 0.1) is 17.2 Å². The average molecular weight is 345 g/mol. The van der Waals surface area contributed by atoms with Crippen LogP contribution in [0.4, 0.5) is 0 Å². The van der Waals surface area contributed by atoms with E-state index in [0.717, 1.165) is 4.90 Å². The smallest absolute Gasteiger partial charge is 0.234 e. The second-order valence-electron chi connectivity index (χ2n) is 5.29. The van der Waals surface area contributed by atoms with E-state index >= 15 is 0 Å². The molecular formula is C15H18Cl2N2OS. The van der Waals surface area contributed by atoms with Crippen molar-refractivity contribution in [1.29, 1.82) is 5.26 Å². The van der Waals surface area contributed by atoms with E-state index in [-0.39, 0.29) is 17.1 Å². The van der Waals surface area contributed by atoms with Gasteiger partial charge in [0.2, 0.25) is 5.91 Å². The van der Waals surface area contributed by atoms with E-state index in [9.17, 15) is 10.1 Å². The number of nitriles is 1. The molecule has 1 amide bonds. The van der Waals surface area contributed by atoms with E-state index in [1.54, 1.807) is 32.0 Å². The zero-order valence-corrected chi connectivity index (χ0v) is 14.7. The molecule has 2 atom stereocenters. The number of nitrogens with one attached hydrogen (secondary N) is 1.